The number of hydrogen-bond donors (Lipinski definition) is 4. The lowest BCUT2D eigenvalue weighted by atomic mass is 10.1. The molecule has 2 rings (SSSR count). The van der Waals surface area contributed by atoms with E-state index in [4.69, 9.17) is 11.6 Å². The monoisotopic (exact) mass is 405 g/mol. The lowest BCUT2D eigenvalue weighted by Crippen LogP contribution is -2.46. The van der Waals surface area contributed by atoms with Crippen molar-refractivity contribution in [3.8, 4) is 5.75 Å². The number of benzene rings is 2. The first kappa shape index (κ1) is 22.0. The van der Waals surface area contributed by atoms with Gasteiger partial charge in [0.2, 0.25) is 0 Å². The number of amides is 1. The Morgan fingerprint density at radius 2 is 1.89 bits per heavy atom. The summed E-state index contributed by atoms with van der Waals surface area (Å²) >= 11 is 6.18. The van der Waals surface area contributed by atoms with Gasteiger partial charge in [-0.3, -0.25) is 4.79 Å². The van der Waals surface area contributed by atoms with Crippen LogP contribution in [0.1, 0.15) is 35.3 Å². The number of carbonyl (C=O) groups excluding carboxylic acids is 1. The van der Waals surface area contributed by atoms with E-state index in [1.165, 1.54) is 0 Å². The summed E-state index contributed by atoms with van der Waals surface area (Å²) in [6.45, 7) is 4.47. The van der Waals surface area contributed by atoms with Gasteiger partial charge in [0.25, 0.3) is 5.91 Å². The number of halogens is 1. The van der Waals surface area contributed by atoms with Gasteiger partial charge in [0, 0.05) is 34.9 Å². The van der Waals surface area contributed by atoms with Crippen molar-refractivity contribution in [1.82, 2.24) is 10.2 Å². The maximum atomic E-state index is 12.4. The second-order valence-corrected chi connectivity index (χ2v) is 8.22. The second kappa shape index (κ2) is 9.28. The van der Waals surface area contributed by atoms with Crippen molar-refractivity contribution in [1.29, 1.82) is 0 Å². The predicted molar refractivity (Wildman–Crippen MR) is 113 cm³/mol. The van der Waals surface area contributed by atoms with Crippen LogP contribution in [0.25, 0.3) is 0 Å². The van der Waals surface area contributed by atoms with E-state index in [1.54, 1.807) is 38.1 Å². The molecule has 0 saturated carbocycles. The molecule has 28 heavy (non-hydrogen) atoms. The Kier molecular flexibility index (Phi) is 7.29. The molecule has 152 valence electrons. The van der Waals surface area contributed by atoms with E-state index >= 15 is 0 Å². The molecule has 4 N–H and O–H groups in total. The molecule has 2 aromatic carbocycles. The number of rotatable bonds is 8. The van der Waals surface area contributed by atoms with Crippen molar-refractivity contribution >= 4 is 23.2 Å². The molecule has 6 nitrogen and oxygen atoms in total. The fraction of sp³-hybridized carbons (Fsp3) is 0.381. The Bertz CT molecular complexity index is 838. The van der Waals surface area contributed by atoms with E-state index in [0.29, 0.717) is 29.4 Å². The normalized spacial score (nSPS) is 11.5. The summed E-state index contributed by atoms with van der Waals surface area (Å²) in [5.41, 5.74) is 2.25. The van der Waals surface area contributed by atoms with E-state index < -0.39 is 5.54 Å². The van der Waals surface area contributed by atoms with Crippen molar-refractivity contribution in [2.75, 3.05) is 26.0 Å². The molecule has 0 bridgehead atoms. The molecule has 0 radical (unpaired) electrons. The van der Waals surface area contributed by atoms with E-state index in [0.717, 1.165) is 11.1 Å². The minimum Gasteiger partial charge on any atom is -0.508 e. The van der Waals surface area contributed by atoms with E-state index in [2.05, 4.69) is 10.6 Å². The highest BCUT2D eigenvalue weighted by atomic mass is 35.5. The molecule has 0 aliphatic carbocycles. The van der Waals surface area contributed by atoms with Gasteiger partial charge in [0.15, 0.2) is 0 Å². The molecule has 1 amide bonds. The first-order valence-corrected chi connectivity index (χ1v) is 9.41. The molecule has 0 aliphatic rings. The third kappa shape index (κ3) is 6.41. The number of aliphatic hydroxyl groups is 1. The highest BCUT2D eigenvalue weighted by molar-refractivity contribution is 6.31. The third-order valence-electron chi connectivity index (χ3n) is 4.13. The third-order valence-corrected chi connectivity index (χ3v) is 4.35. The van der Waals surface area contributed by atoms with Gasteiger partial charge < -0.3 is 25.7 Å². The second-order valence-electron chi connectivity index (χ2n) is 7.78. The van der Waals surface area contributed by atoms with Crippen LogP contribution in [-0.4, -0.2) is 47.3 Å². The van der Waals surface area contributed by atoms with Gasteiger partial charge in [0.1, 0.15) is 5.75 Å². The minimum atomic E-state index is -0.720. The van der Waals surface area contributed by atoms with Gasteiger partial charge in [0.05, 0.1) is 12.1 Å². The van der Waals surface area contributed by atoms with Crippen LogP contribution in [-0.2, 0) is 13.1 Å². The fourth-order valence-corrected chi connectivity index (χ4v) is 2.90. The molecule has 0 heterocycles. The topological polar surface area (TPSA) is 84.8 Å². The maximum absolute atomic E-state index is 12.4. The number of phenolic OH excluding ortho intramolecular Hbond substituents is 1. The van der Waals surface area contributed by atoms with Crippen molar-refractivity contribution in [2.24, 2.45) is 0 Å². The number of nitrogens with zero attached hydrogens (tertiary/aromatic N) is 1. The Hall–Kier alpha value is -2.28. The highest BCUT2D eigenvalue weighted by Crippen LogP contribution is 2.23. The van der Waals surface area contributed by atoms with Gasteiger partial charge >= 0.3 is 0 Å². The number of phenols is 1. The van der Waals surface area contributed by atoms with Crippen LogP contribution in [0.2, 0.25) is 5.02 Å². The lowest BCUT2D eigenvalue weighted by Gasteiger charge is -2.23. The van der Waals surface area contributed by atoms with Crippen LogP contribution in [0.5, 0.6) is 5.75 Å². The van der Waals surface area contributed by atoms with Crippen LogP contribution in [0.3, 0.4) is 0 Å². The average molecular weight is 406 g/mol. The number of aromatic hydroxyl groups is 1. The number of hydrogen-bond acceptors (Lipinski definition) is 5. The molecule has 2 aromatic rings. The first-order valence-electron chi connectivity index (χ1n) is 9.03. The van der Waals surface area contributed by atoms with Gasteiger partial charge in [-0.2, -0.15) is 0 Å². The molecule has 0 spiro atoms. The summed E-state index contributed by atoms with van der Waals surface area (Å²) in [6, 6.07) is 10.5. The molecular formula is C21H28ClN3O3. The summed E-state index contributed by atoms with van der Waals surface area (Å²) < 4.78 is 0. The zero-order chi connectivity index (χ0) is 20.9. The largest absolute Gasteiger partial charge is 0.508 e. The summed E-state index contributed by atoms with van der Waals surface area (Å²) in [5.74, 6) is -0.0341. The van der Waals surface area contributed by atoms with Crippen molar-refractivity contribution < 1.29 is 15.0 Å². The van der Waals surface area contributed by atoms with Crippen LogP contribution >= 0.6 is 11.6 Å². The summed E-state index contributed by atoms with van der Waals surface area (Å²) in [6.07, 6.45) is 0. The predicted octanol–water partition coefficient (Wildman–Crippen LogP) is 3.22. The smallest absolute Gasteiger partial charge is 0.251 e. The number of nitrogens with one attached hydrogen (secondary N) is 2. The standard InChI is InChI=1S/C21H28ClN3O3/c1-21(2,13-26)24-20(28)15-8-17(22)10-18(9-15)23-11-14-5-6-19(27)16(7-14)12-25(3)4/h5-10,23,26-27H,11-13H2,1-4H3,(H,24,28). The van der Waals surface area contributed by atoms with Gasteiger partial charge in [-0.05, 0) is 63.8 Å². The van der Waals surface area contributed by atoms with E-state index in [9.17, 15) is 15.0 Å². The molecule has 7 heteroatoms. The molecule has 0 atom stereocenters. The molecule has 0 aliphatic heterocycles. The molecular weight excluding hydrogens is 378 g/mol. The van der Waals surface area contributed by atoms with E-state index in [1.807, 2.05) is 31.1 Å². The lowest BCUT2D eigenvalue weighted by molar-refractivity contribution is 0.0869. The molecule has 0 unspecified atom stereocenters. The van der Waals surface area contributed by atoms with E-state index in [-0.39, 0.29) is 18.3 Å². The Labute approximate surface area is 171 Å². The van der Waals surface area contributed by atoms with Gasteiger partial charge in [-0.1, -0.05) is 17.7 Å². The number of anilines is 1. The quantitative estimate of drug-likeness (QED) is 0.542. The van der Waals surface area contributed by atoms with Crippen LogP contribution in [0.15, 0.2) is 36.4 Å². The van der Waals surface area contributed by atoms with Crippen LogP contribution in [0.4, 0.5) is 5.69 Å². The van der Waals surface area contributed by atoms with Crippen LogP contribution < -0.4 is 10.6 Å². The minimum absolute atomic E-state index is 0.166. The molecule has 0 aromatic heterocycles. The molecule has 0 fully saturated rings. The number of aliphatic hydroxyl groups excluding tert-OH is 1. The first-order chi connectivity index (χ1) is 13.1. The van der Waals surface area contributed by atoms with Gasteiger partial charge in [-0.15, -0.1) is 0 Å². The van der Waals surface area contributed by atoms with Gasteiger partial charge in [-0.25, -0.2) is 0 Å². The molecule has 0 saturated heterocycles. The zero-order valence-electron chi connectivity index (χ0n) is 16.7. The Morgan fingerprint density at radius 3 is 2.54 bits per heavy atom. The maximum Gasteiger partial charge on any atom is 0.251 e. The zero-order valence-corrected chi connectivity index (χ0v) is 17.5. The van der Waals surface area contributed by atoms with Crippen molar-refractivity contribution in [2.45, 2.75) is 32.5 Å². The Morgan fingerprint density at radius 1 is 1.18 bits per heavy atom. The fourth-order valence-electron chi connectivity index (χ4n) is 2.66. The summed E-state index contributed by atoms with van der Waals surface area (Å²) in [4.78, 5) is 14.4. The average Bonchev–Trinajstić information content (AvgIpc) is 2.61. The van der Waals surface area contributed by atoms with Crippen LogP contribution in [0, 0.1) is 0 Å². The summed E-state index contributed by atoms with van der Waals surface area (Å²) in [7, 11) is 3.89. The number of carbonyl (C=O) groups is 1. The van der Waals surface area contributed by atoms with Crippen molar-refractivity contribution in [3.05, 3.63) is 58.1 Å². The highest BCUT2D eigenvalue weighted by Gasteiger charge is 2.20. The van der Waals surface area contributed by atoms with Crippen molar-refractivity contribution in [3.63, 3.8) is 0 Å². The summed E-state index contributed by atoms with van der Waals surface area (Å²) in [5, 5.41) is 25.8. The SMILES string of the molecule is CN(C)Cc1cc(CNc2cc(Cl)cc(C(=O)NC(C)(C)CO)c2)ccc1O. The Balaban J connectivity index is 2.13.